The van der Waals surface area contributed by atoms with Crippen LogP contribution < -0.4 is 16.2 Å². The summed E-state index contributed by atoms with van der Waals surface area (Å²) in [5.41, 5.74) is 14.9. The highest BCUT2D eigenvalue weighted by molar-refractivity contribution is 5.63. The molecule has 0 unspecified atom stereocenters. The van der Waals surface area contributed by atoms with Gasteiger partial charge < -0.3 is 16.2 Å². The van der Waals surface area contributed by atoms with Gasteiger partial charge in [-0.05, 0) is 41.8 Å². The van der Waals surface area contributed by atoms with Gasteiger partial charge in [0.25, 0.3) is 0 Å². The molecule has 0 saturated heterocycles. The highest BCUT2D eigenvalue weighted by Gasteiger charge is 1.99. The number of anilines is 2. The predicted molar refractivity (Wildman–Crippen MR) is 75.4 cm³/mol. The summed E-state index contributed by atoms with van der Waals surface area (Å²) >= 11 is 0. The van der Waals surface area contributed by atoms with Crippen LogP contribution in [0, 0.1) is 0 Å². The second-order valence-electron chi connectivity index (χ2n) is 4.25. The maximum Gasteiger partial charge on any atom is 0.119 e. The third-order valence-corrected chi connectivity index (χ3v) is 2.89. The second kappa shape index (κ2) is 5.45. The third-order valence-electron chi connectivity index (χ3n) is 2.89. The van der Waals surface area contributed by atoms with Gasteiger partial charge in [-0.2, -0.15) is 0 Å². The normalized spacial score (nSPS) is 10.3. The van der Waals surface area contributed by atoms with Crippen LogP contribution in [0.4, 0.5) is 11.4 Å². The highest BCUT2D eigenvalue weighted by atomic mass is 16.5. The Balaban J connectivity index is 1.99. The minimum atomic E-state index is 0.496. The molecule has 0 atom stereocenters. The Labute approximate surface area is 107 Å². The lowest BCUT2D eigenvalue weighted by atomic mass is 10.1. The van der Waals surface area contributed by atoms with Crippen molar-refractivity contribution in [2.24, 2.45) is 0 Å². The van der Waals surface area contributed by atoms with E-state index in [4.69, 9.17) is 16.2 Å². The van der Waals surface area contributed by atoms with Crippen LogP contribution in [0.2, 0.25) is 0 Å². The lowest BCUT2D eigenvalue weighted by Crippen LogP contribution is -1.99. The smallest absolute Gasteiger partial charge is 0.119 e. The molecule has 0 aliphatic heterocycles. The van der Waals surface area contributed by atoms with Crippen molar-refractivity contribution in [3.63, 3.8) is 0 Å². The summed E-state index contributed by atoms with van der Waals surface area (Å²) in [5.74, 6) is 0.864. The van der Waals surface area contributed by atoms with Crippen molar-refractivity contribution < 1.29 is 4.74 Å². The number of nitrogen functional groups attached to an aromatic ring is 2. The molecule has 0 radical (unpaired) electrons. The fraction of sp³-hybridized carbons (Fsp3) is 0.200. The first-order valence-electron chi connectivity index (χ1n) is 6.04. The fourth-order valence-corrected chi connectivity index (χ4v) is 1.70. The Bertz CT molecular complexity index is 521. The number of ether oxygens (including phenoxy) is 1. The average molecular weight is 242 g/mol. The van der Waals surface area contributed by atoms with Crippen molar-refractivity contribution in [3.8, 4) is 5.75 Å². The molecule has 0 spiro atoms. The molecule has 18 heavy (non-hydrogen) atoms. The van der Waals surface area contributed by atoms with Gasteiger partial charge in [-0.25, -0.2) is 0 Å². The van der Waals surface area contributed by atoms with Crippen molar-refractivity contribution in [1.82, 2.24) is 0 Å². The van der Waals surface area contributed by atoms with Gasteiger partial charge in [0.2, 0.25) is 0 Å². The Morgan fingerprint density at radius 2 is 1.56 bits per heavy atom. The molecule has 0 aliphatic rings. The van der Waals surface area contributed by atoms with Crippen LogP contribution in [-0.2, 0) is 13.0 Å². The van der Waals surface area contributed by atoms with E-state index in [1.54, 1.807) is 6.07 Å². The molecule has 0 aromatic heterocycles. The standard InChI is InChI=1S/C15H18N2O/c1-2-11-3-6-13(7-4-11)18-10-12-5-8-14(16)15(17)9-12/h3-9H,2,10,16-17H2,1H3. The first kappa shape index (κ1) is 12.3. The molecular weight excluding hydrogens is 224 g/mol. The van der Waals surface area contributed by atoms with Gasteiger partial charge in [-0.3, -0.25) is 0 Å². The largest absolute Gasteiger partial charge is 0.489 e. The Morgan fingerprint density at radius 1 is 0.889 bits per heavy atom. The van der Waals surface area contributed by atoms with E-state index in [1.807, 2.05) is 24.3 Å². The van der Waals surface area contributed by atoms with E-state index in [0.717, 1.165) is 17.7 Å². The molecule has 0 aliphatic carbocycles. The molecule has 0 saturated carbocycles. The fourth-order valence-electron chi connectivity index (χ4n) is 1.70. The first-order chi connectivity index (χ1) is 8.69. The molecule has 0 fully saturated rings. The van der Waals surface area contributed by atoms with E-state index >= 15 is 0 Å². The van der Waals surface area contributed by atoms with E-state index in [2.05, 4.69) is 19.1 Å². The lowest BCUT2D eigenvalue weighted by Gasteiger charge is -2.08. The second-order valence-corrected chi connectivity index (χ2v) is 4.25. The van der Waals surface area contributed by atoms with Gasteiger partial charge in [0.15, 0.2) is 0 Å². The van der Waals surface area contributed by atoms with E-state index in [-0.39, 0.29) is 0 Å². The summed E-state index contributed by atoms with van der Waals surface area (Å²) in [6.45, 7) is 2.63. The molecule has 2 aromatic rings. The molecular formula is C15H18N2O. The zero-order chi connectivity index (χ0) is 13.0. The van der Waals surface area contributed by atoms with Crippen LogP contribution in [0.15, 0.2) is 42.5 Å². The predicted octanol–water partition coefficient (Wildman–Crippen LogP) is 2.99. The van der Waals surface area contributed by atoms with Crippen LogP contribution in [0.1, 0.15) is 18.1 Å². The van der Waals surface area contributed by atoms with E-state index in [0.29, 0.717) is 18.0 Å². The van der Waals surface area contributed by atoms with E-state index in [1.165, 1.54) is 5.56 Å². The molecule has 0 amide bonds. The van der Waals surface area contributed by atoms with Crippen molar-refractivity contribution in [3.05, 3.63) is 53.6 Å². The van der Waals surface area contributed by atoms with Crippen LogP contribution in [0.5, 0.6) is 5.75 Å². The molecule has 2 rings (SSSR count). The van der Waals surface area contributed by atoms with Gasteiger partial charge in [0.1, 0.15) is 12.4 Å². The molecule has 0 bridgehead atoms. The van der Waals surface area contributed by atoms with Crippen molar-refractivity contribution in [1.29, 1.82) is 0 Å². The monoisotopic (exact) mass is 242 g/mol. The highest BCUT2D eigenvalue weighted by Crippen LogP contribution is 2.18. The van der Waals surface area contributed by atoms with Gasteiger partial charge in [-0.15, -0.1) is 0 Å². The summed E-state index contributed by atoms with van der Waals surface area (Å²) in [4.78, 5) is 0. The SMILES string of the molecule is CCc1ccc(OCc2ccc(N)c(N)c2)cc1. The molecule has 2 aromatic carbocycles. The van der Waals surface area contributed by atoms with Crippen molar-refractivity contribution in [2.45, 2.75) is 20.0 Å². The molecule has 3 nitrogen and oxygen atoms in total. The Hall–Kier alpha value is -2.16. The zero-order valence-electron chi connectivity index (χ0n) is 10.5. The van der Waals surface area contributed by atoms with E-state index < -0.39 is 0 Å². The molecule has 94 valence electrons. The molecule has 0 heterocycles. The number of hydrogen-bond acceptors (Lipinski definition) is 3. The van der Waals surface area contributed by atoms with E-state index in [9.17, 15) is 0 Å². The minimum Gasteiger partial charge on any atom is -0.489 e. The zero-order valence-corrected chi connectivity index (χ0v) is 10.5. The van der Waals surface area contributed by atoms with Gasteiger partial charge in [-0.1, -0.05) is 25.1 Å². The number of benzene rings is 2. The third kappa shape index (κ3) is 2.94. The number of nitrogens with two attached hydrogens (primary N) is 2. The minimum absolute atomic E-state index is 0.496. The Kier molecular flexibility index (Phi) is 3.72. The quantitative estimate of drug-likeness (QED) is 0.810. The van der Waals surface area contributed by atoms with Gasteiger partial charge in [0, 0.05) is 0 Å². The topological polar surface area (TPSA) is 61.3 Å². The molecule has 3 heteroatoms. The van der Waals surface area contributed by atoms with Gasteiger partial charge in [0.05, 0.1) is 11.4 Å². The summed E-state index contributed by atoms with van der Waals surface area (Å²) in [7, 11) is 0. The average Bonchev–Trinajstić information content (AvgIpc) is 2.41. The van der Waals surface area contributed by atoms with Crippen LogP contribution in [0.3, 0.4) is 0 Å². The number of hydrogen-bond donors (Lipinski definition) is 2. The Morgan fingerprint density at radius 3 is 2.17 bits per heavy atom. The van der Waals surface area contributed by atoms with Crippen molar-refractivity contribution >= 4 is 11.4 Å². The maximum atomic E-state index is 5.75. The summed E-state index contributed by atoms with van der Waals surface area (Å²) in [6.07, 6.45) is 1.04. The number of aryl methyl sites for hydroxylation is 1. The van der Waals surface area contributed by atoms with Crippen LogP contribution in [-0.4, -0.2) is 0 Å². The number of rotatable bonds is 4. The van der Waals surface area contributed by atoms with Crippen molar-refractivity contribution in [2.75, 3.05) is 11.5 Å². The summed E-state index contributed by atoms with van der Waals surface area (Å²) in [6, 6.07) is 13.7. The maximum absolute atomic E-state index is 5.75. The van der Waals surface area contributed by atoms with Gasteiger partial charge >= 0.3 is 0 Å². The molecule has 4 N–H and O–H groups in total. The lowest BCUT2D eigenvalue weighted by molar-refractivity contribution is 0.306. The summed E-state index contributed by atoms with van der Waals surface area (Å²) in [5, 5.41) is 0. The van der Waals surface area contributed by atoms with Crippen LogP contribution in [0.25, 0.3) is 0 Å². The first-order valence-corrected chi connectivity index (χ1v) is 6.04. The summed E-state index contributed by atoms with van der Waals surface area (Å²) < 4.78 is 5.69. The van der Waals surface area contributed by atoms with Crippen LogP contribution >= 0.6 is 0 Å².